The zero-order valence-corrected chi connectivity index (χ0v) is 12.8. The predicted octanol–water partition coefficient (Wildman–Crippen LogP) is 1.97. The summed E-state index contributed by atoms with van der Waals surface area (Å²) >= 11 is 1.27. The molecular weight excluding hydrogens is 318 g/mol. The Labute approximate surface area is 134 Å². The summed E-state index contributed by atoms with van der Waals surface area (Å²) in [5.74, 6) is -0.842. The van der Waals surface area contributed by atoms with Crippen molar-refractivity contribution in [3.63, 3.8) is 0 Å². The first-order chi connectivity index (χ1) is 11.2. The number of H-pyrrole nitrogens is 1. The molecule has 0 aliphatic rings. The third-order valence-corrected chi connectivity index (χ3v) is 3.66. The number of hydrogen-bond donors (Lipinski definition) is 2. The molecular formula is C14H11N5O3S. The van der Waals surface area contributed by atoms with Crippen molar-refractivity contribution >= 4 is 28.3 Å². The van der Waals surface area contributed by atoms with Crippen LogP contribution in [0.2, 0.25) is 0 Å². The maximum atomic E-state index is 12.0. The number of carbonyl (C=O) groups is 2. The van der Waals surface area contributed by atoms with Crippen LogP contribution in [-0.4, -0.2) is 38.9 Å². The highest BCUT2D eigenvalue weighted by Gasteiger charge is 2.13. The molecule has 3 heterocycles. The summed E-state index contributed by atoms with van der Waals surface area (Å²) in [6, 6.07) is 1.63. The second-order valence-corrected chi connectivity index (χ2v) is 5.23. The Morgan fingerprint density at radius 1 is 1.35 bits per heavy atom. The van der Waals surface area contributed by atoms with E-state index in [-0.39, 0.29) is 11.6 Å². The average molecular weight is 329 g/mol. The van der Waals surface area contributed by atoms with E-state index in [9.17, 15) is 9.59 Å². The van der Waals surface area contributed by atoms with Crippen LogP contribution < -0.4 is 5.32 Å². The molecule has 3 rings (SSSR count). The number of esters is 1. The van der Waals surface area contributed by atoms with Crippen LogP contribution in [0.25, 0.3) is 11.3 Å². The largest absolute Gasteiger partial charge is 0.464 e. The minimum Gasteiger partial charge on any atom is -0.464 e. The van der Waals surface area contributed by atoms with Crippen LogP contribution in [-0.2, 0) is 4.74 Å². The van der Waals surface area contributed by atoms with E-state index < -0.39 is 5.97 Å². The van der Waals surface area contributed by atoms with E-state index in [2.05, 4.69) is 30.0 Å². The number of aromatic nitrogens is 4. The van der Waals surface area contributed by atoms with Crippen molar-refractivity contribution in [2.45, 2.75) is 0 Å². The lowest BCUT2D eigenvalue weighted by Gasteiger charge is -1.99. The lowest BCUT2D eigenvalue weighted by atomic mass is 10.2. The van der Waals surface area contributed by atoms with Gasteiger partial charge in [-0.1, -0.05) is 0 Å². The number of aromatic amines is 1. The van der Waals surface area contributed by atoms with Crippen molar-refractivity contribution in [1.82, 2.24) is 19.9 Å². The number of anilines is 1. The molecule has 0 spiro atoms. The average Bonchev–Trinajstić information content (AvgIpc) is 3.24. The van der Waals surface area contributed by atoms with Crippen molar-refractivity contribution in [3.8, 4) is 11.3 Å². The van der Waals surface area contributed by atoms with E-state index in [0.717, 1.165) is 5.56 Å². The highest BCUT2D eigenvalue weighted by molar-refractivity contribution is 7.14. The standard InChI is InChI=1S/C14H11N5O3S/c1-22-13(21)9-4-8(5-17-9)11-7-23-14(18-11)19-12(20)10-6-15-2-3-16-10/h2-7,17H,1H3,(H,18,19,20). The Bertz CT molecular complexity index is 843. The molecule has 1 amide bonds. The zero-order valence-electron chi connectivity index (χ0n) is 11.9. The molecule has 0 radical (unpaired) electrons. The lowest BCUT2D eigenvalue weighted by Crippen LogP contribution is -2.13. The first kappa shape index (κ1) is 14.9. The highest BCUT2D eigenvalue weighted by Crippen LogP contribution is 2.25. The molecule has 116 valence electrons. The Morgan fingerprint density at radius 2 is 2.22 bits per heavy atom. The van der Waals surface area contributed by atoms with Crippen molar-refractivity contribution in [3.05, 3.63) is 47.6 Å². The molecule has 0 atom stereocenters. The molecule has 3 aromatic rings. The summed E-state index contributed by atoms with van der Waals surface area (Å²) in [6.07, 6.45) is 5.95. The highest BCUT2D eigenvalue weighted by atomic mass is 32.1. The van der Waals surface area contributed by atoms with Gasteiger partial charge in [-0.15, -0.1) is 11.3 Å². The van der Waals surface area contributed by atoms with Gasteiger partial charge in [-0.3, -0.25) is 15.1 Å². The minimum absolute atomic E-state index is 0.207. The maximum Gasteiger partial charge on any atom is 0.354 e. The van der Waals surface area contributed by atoms with Gasteiger partial charge >= 0.3 is 5.97 Å². The van der Waals surface area contributed by atoms with E-state index in [4.69, 9.17) is 0 Å². The third kappa shape index (κ3) is 3.24. The van der Waals surface area contributed by atoms with Crippen LogP contribution in [0, 0.1) is 0 Å². The van der Waals surface area contributed by atoms with Gasteiger partial charge in [0.15, 0.2) is 5.13 Å². The molecule has 0 aliphatic heterocycles. The van der Waals surface area contributed by atoms with Gasteiger partial charge in [0, 0.05) is 29.5 Å². The molecule has 0 aromatic carbocycles. The fourth-order valence-electron chi connectivity index (χ4n) is 1.81. The van der Waals surface area contributed by atoms with Gasteiger partial charge < -0.3 is 9.72 Å². The summed E-state index contributed by atoms with van der Waals surface area (Å²) in [7, 11) is 1.31. The minimum atomic E-state index is -0.456. The van der Waals surface area contributed by atoms with Gasteiger partial charge in [-0.05, 0) is 6.07 Å². The Hall–Kier alpha value is -3.07. The van der Waals surface area contributed by atoms with Crippen LogP contribution in [0.4, 0.5) is 5.13 Å². The van der Waals surface area contributed by atoms with Crippen molar-refractivity contribution < 1.29 is 14.3 Å². The first-order valence-electron chi connectivity index (χ1n) is 6.47. The fourth-order valence-corrected chi connectivity index (χ4v) is 2.53. The van der Waals surface area contributed by atoms with E-state index in [1.54, 1.807) is 17.6 Å². The lowest BCUT2D eigenvalue weighted by molar-refractivity contribution is 0.0594. The van der Waals surface area contributed by atoms with Gasteiger partial charge in [-0.2, -0.15) is 0 Å². The van der Waals surface area contributed by atoms with Gasteiger partial charge in [-0.25, -0.2) is 14.8 Å². The second kappa shape index (κ2) is 6.36. The van der Waals surface area contributed by atoms with Crippen LogP contribution in [0.1, 0.15) is 21.0 Å². The molecule has 9 heteroatoms. The van der Waals surface area contributed by atoms with E-state index in [1.807, 2.05) is 0 Å². The number of carbonyl (C=O) groups excluding carboxylic acids is 2. The number of ether oxygens (including phenoxy) is 1. The van der Waals surface area contributed by atoms with Crippen molar-refractivity contribution in [2.75, 3.05) is 12.4 Å². The van der Waals surface area contributed by atoms with Crippen LogP contribution in [0.3, 0.4) is 0 Å². The maximum absolute atomic E-state index is 12.0. The van der Waals surface area contributed by atoms with Gasteiger partial charge in [0.05, 0.1) is 19.0 Å². The van der Waals surface area contributed by atoms with E-state index in [1.165, 1.54) is 37.0 Å². The Morgan fingerprint density at radius 3 is 2.96 bits per heavy atom. The number of rotatable bonds is 4. The topological polar surface area (TPSA) is 110 Å². The third-order valence-electron chi connectivity index (χ3n) is 2.90. The number of methoxy groups -OCH3 is 1. The number of thiazole rings is 1. The smallest absolute Gasteiger partial charge is 0.354 e. The fraction of sp³-hybridized carbons (Fsp3) is 0.0714. The predicted molar refractivity (Wildman–Crippen MR) is 83.2 cm³/mol. The zero-order chi connectivity index (χ0) is 16.2. The van der Waals surface area contributed by atoms with Gasteiger partial charge in [0.2, 0.25) is 0 Å². The SMILES string of the molecule is COC(=O)c1cc(-c2csc(NC(=O)c3cnccn3)n2)c[nH]1. The summed E-state index contributed by atoms with van der Waals surface area (Å²) in [4.78, 5) is 38.3. The second-order valence-electron chi connectivity index (χ2n) is 4.38. The molecule has 3 aromatic heterocycles. The Kier molecular flexibility index (Phi) is 4.11. The van der Waals surface area contributed by atoms with Gasteiger partial charge in [0.1, 0.15) is 11.4 Å². The number of nitrogens with one attached hydrogen (secondary N) is 2. The molecule has 23 heavy (non-hydrogen) atoms. The van der Waals surface area contributed by atoms with Crippen LogP contribution in [0.15, 0.2) is 36.2 Å². The summed E-state index contributed by atoms with van der Waals surface area (Å²) in [5.41, 5.74) is 1.90. The normalized spacial score (nSPS) is 10.3. The van der Waals surface area contributed by atoms with Crippen molar-refractivity contribution in [2.24, 2.45) is 0 Å². The molecule has 0 aliphatic carbocycles. The summed E-state index contributed by atoms with van der Waals surface area (Å²) in [5, 5.41) is 4.85. The quantitative estimate of drug-likeness (QED) is 0.708. The molecule has 0 fully saturated rings. The monoisotopic (exact) mass is 329 g/mol. The number of hydrogen-bond acceptors (Lipinski definition) is 7. The number of nitrogens with zero attached hydrogens (tertiary/aromatic N) is 3. The van der Waals surface area contributed by atoms with Crippen LogP contribution >= 0.6 is 11.3 Å². The molecule has 8 nitrogen and oxygen atoms in total. The molecule has 0 saturated carbocycles. The van der Waals surface area contributed by atoms with E-state index >= 15 is 0 Å². The number of amides is 1. The summed E-state index contributed by atoms with van der Waals surface area (Å²) < 4.78 is 4.63. The molecule has 0 saturated heterocycles. The first-order valence-corrected chi connectivity index (χ1v) is 7.35. The van der Waals surface area contributed by atoms with Crippen molar-refractivity contribution in [1.29, 1.82) is 0 Å². The van der Waals surface area contributed by atoms with E-state index in [0.29, 0.717) is 16.5 Å². The molecule has 0 bridgehead atoms. The Balaban J connectivity index is 1.74. The molecule has 2 N–H and O–H groups in total. The molecule has 0 unspecified atom stereocenters. The van der Waals surface area contributed by atoms with Crippen LogP contribution in [0.5, 0.6) is 0 Å². The van der Waals surface area contributed by atoms with Gasteiger partial charge in [0.25, 0.3) is 5.91 Å². The summed E-state index contributed by atoms with van der Waals surface area (Å²) in [6.45, 7) is 0.